The first-order valence-electron chi connectivity index (χ1n) is 9.11. The summed E-state index contributed by atoms with van der Waals surface area (Å²) in [6.45, 7) is 7.13. The third-order valence-electron chi connectivity index (χ3n) is 4.58. The summed E-state index contributed by atoms with van der Waals surface area (Å²) in [7, 11) is 0. The van der Waals surface area contributed by atoms with E-state index in [1.807, 2.05) is 51.3 Å². The molecule has 9 heteroatoms. The number of aromatic nitrogens is 2. The zero-order valence-corrected chi connectivity index (χ0v) is 19.2. The van der Waals surface area contributed by atoms with Gasteiger partial charge in [0.15, 0.2) is 5.13 Å². The maximum absolute atomic E-state index is 12.3. The van der Waals surface area contributed by atoms with E-state index in [0.717, 1.165) is 45.0 Å². The molecule has 1 amide bonds. The third kappa shape index (κ3) is 5.32. The molecule has 0 saturated heterocycles. The average molecular weight is 451 g/mol. The predicted molar refractivity (Wildman–Crippen MR) is 120 cm³/mol. The van der Waals surface area contributed by atoms with E-state index in [-0.39, 0.29) is 5.91 Å². The monoisotopic (exact) mass is 450 g/mol. The lowest BCUT2D eigenvalue weighted by molar-refractivity contribution is 0.0980. The van der Waals surface area contributed by atoms with Gasteiger partial charge in [-0.3, -0.25) is 9.52 Å². The van der Waals surface area contributed by atoms with Gasteiger partial charge >= 0.3 is 0 Å². The van der Waals surface area contributed by atoms with Crippen LogP contribution in [-0.2, 0) is 13.0 Å². The van der Waals surface area contributed by atoms with E-state index >= 15 is 0 Å². The van der Waals surface area contributed by atoms with Crippen LogP contribution in [0.3, 0.4) is 0 Å². The molecule has 2 aromatic heterocycles. The molecular weight excluding hydrogens is 428 g/mol. The second kappa shape index (κ2) is 9.65. The molecule has 0 unspecified atom stereocenters. The minimum absolute atomic E-state index is 0.174. The molecule has 2 heterocycles. The smallest absolute Gasteiger partial charge is 0.280 e. The summed E-state index contributed by atoms with van der Waals surface area (Å²) in [4.78, 5) is 20.0. The number of nitrogens with zero attached hydrogens (tertiary/aromatic N) is 3. The van der Waals surface area contributed by atoms with Gasteiger partial charge in [-0.15, -0.1) is 11.3 Å². The average Bonchev–Trinajstić information content (AvgIpc) is 3.23. The summed E-state index contributed by atoms with van der Waals surface area (Å²) in [5, 5.41) is 5.60. The number of hydrogen-bond donors (Lipinski definition) is 1. The maximum atomic E-state index is 12.3. The third-order valence-corrected chi connectivity index (χ3v) is 6.25. The molecule has 0 fully saturated rings. The van der Waals surface area contributed by atoms with Gasteiger partial charge in [0.1, 0.15) is 11.5 Å². The topological polar surface area (TPSA) is 71.3 Å². The number of anilines is 1. The number of benzene rings is 1. The van der Waals surface area contributed by atoms with Crippen LogP contribution >= 0.6 is 34.9 Å². The van der Waals surface area contributed by atoms with E-state index in [1.165, 1.54) is 28.8 Å². The number of hydrogen-bond acceptors (Lipinski definition) is 7. The van der Waals surface area contributed by atoms with Gasteiger partial charge in [0.2, 0.25) is 0 Å². The zero-order chi connectivity index (χ0) is 21.0. The number of thiazole rings is 1. The summed E-state index contributed by atoms with van der Waals surface area (Å²) < 4.78 is 8.08. The Hall–Kier alpha value is -2.03. The molecule has 1 aromatic carbocycles. The van der Waals surface area contributed by atoms with Crippen molar-refractivity contribution < 1.29 is 9.32 Å². The van der Waals surface area contributed by atoms with Crippen LogP contribution < -0.4 is 9.62 Å². The lowest BCUT2D eigenvalue weighted by Gasteiger charge is -2.22. The van der Waals surface area contributed by atoms with Crippen molar-refractivity contribution in [1.82, 2.24) is 14.9 Å². The standard InChI is InChI=1S/C20H23ClN4O2S2/c1-12-17(13(2)27-23-12)11-25(10-9-15-5-7-16(21)8-6-15)20-22-18(14(3)29-20)19(26)24-28-4/h5-8H,9-11H2,1-4H3,(H,24,26). The van der Waals surface area contributed by atoms with Crippen LogP contribution in [0.25, 0.3) is 0 Å². The van der Waals surface area contributed by atoms with Gasteiger partial charge in [0.05, 0.1) is 12.2 Å². The van der Waals surface area contributed by atoms with Crippen molar-refractivity contribution >= 4 is 45.9 Å². The summed E-state index contributed by atoms with van der Waals surface area (Å²) in [6.07, 6.45) is 2.64. The van der Waals surface area contributed by atoms with Gasteiger partial charge < -0.3 is 9.42 Å². The Bertz CT molecular complexity index is 966. The number of carbonyl (C=O) groups excluding carboxylic acids is 1. The van der Waals surface area contributed by atoms with E-state index in [4.69, 9.17) is 16.1 Å². The van der Waals surface area contributed by atoms with Crippen molar-refractivity contribution in [3.63, 3.8) is 0 Å². The van der Waals surface area contributed by atoms with Crippen LogP contribution in [0.1, 0.15) is 37.9 Å². The predicted octanol–water partition coefficient (Wildman–Crippen LogP) is 4.97. The number of aryl methyl sites for hydroxylation is 3. The maximum Gasteiger partial charge on any atom is 0.280 e. The molecule has 0 spiro atoms. The molecule has 0 atom stereocenters. The SMILES string of the molecule is CSNC(=O)c1nc(N(CCc2ccc(Cl)cc2)Cc2c(C)noc2C)sc1C. The van der Waals surface area contributed by atoms with E-state index in [0.29, 0.717) is 12.2 Å². The second-order valence-electron chi connectivity index (χ2n) is 6.64. The Morgan fingerprint density at radius 1 is 1.28 bits per heavy atom. The molecule has 1 N–H and O–H groups in total. The Morgan fingerprint density at radius 2 is 2.00 bits per heavy atom. The van der Waals surface area contributed by atoms with Crippen LogP contribution in [-0.4, -0.2) is 28.8 Å². The van der Waals surface area contributed by atoms with Gasteiger partial charge in [-0.05, 0) is 44.9 Å². The van der Waals surface area contributed by atoms with Gasteiger partial charge in [0.25, 0.3) is 5.91 Å². The molecule has 154 valence electrons. The highest BCUT2D eigenvalue weighted by molar-refractivity contribution is 7.97. The molecule has 0 radical (unpaired) electrons. The molecular formula is C20H23ClN4O2S2. The van der Waals surface area contributed by atoms with Crippen LogP contribution in [0.2, 0.25) is 5.02 Å². The molecule has 0 aliphatic rings. The van der Waals surface area contributed by atoms with E-state index in [9.17, 15) is 4.79 Å². The Labute approximate surface area is 183 Å². The first kappa shape index (κ1) is 21.7. The van der Waals surface area contributed by atoms with Crippen molar-refractivity contribution in [2.24, 2.45) is 0 Å². The quantitative estimate of drug-likeness (QED) is 0.488. The summed E-state index contributed by atoms with van der Waals surface area (Å²) in [5.41, 5.74) is 3.57. The van der Waals surface area contributed by atoms with Gasteiger partial charge in [0, 0.05) is 28.3 Å². The lowest BCUT2D eigenvalue weighted by Crippen LogP contribution is -2.26. The van der Waals surface area contributed by atoms with Crippen molar-refractivity contribution in [1.29, 1.82) is 0 Å². The molecule has 0 bridgehead atoms. The summed E-state index contributed by atoms with van der Waals surface area (Å²) >= 11 is 8.79. The summed E-state index contributed by atoms with van der Waals surface area (Å²) in [5.74, 6) is 0.625. The molecule has 29 heavy (non-hydrogen) atoms. The van der Waals surface area contributed by atoms with Crippen LogP contribution in [0.15, 0.2) is 28.8 Å². The minimum Gasteiger partial charge on any atom is -0.361 e. The molecule has 3 rings (SSSR count). The first-order valence-corrected chi connectivity index (χ1v) is 11.5. The Morgan fingerprint density at radius 3 is 2.62 bits per heavy atom. The van der Waals surface area contributed by atoms with Crippen LogP contribution in [0.4, 0.5) is 5.13 Å². The lowest BCUT2D eigenvalue weighted by atomic mass is 10.1. The highest BCUT2D eigenvalue weighted by Crippen LogP contribution is 2.29. The number of halogens is 1. The normalized spacial score (nSPS) is 10.9. The second-order valence-corrected chi connectivity index (χ2v) is 8.87. The fourth-order valence-electron chi connectivity index (χ4n) is 2.95. The molecule has 0 aliphatic heterocycles. The van der Waals surface area contributed by atoms with Crippen molar-refractivity contribution in [2.45, 2.75) is 33.7 Å². The van der Waals surface area contributed by atoms with Gasteiger partial charge in [-0.1, -0.05) is 40.8 Å². The molecule has 0 saturated carbocycles. The van der Waals surface area contributed by atoms with Crippen LogP contribution in [0.5, 0.6) is 0 Å². The number of rotatable bonds is 8. The highest BCUT2D eigenvalue weighted by atomic mass is 35.5. The van der Waals surface area contributed by atoms with E-state index in [2.05, 4.69) is 19.8 Å². The number of nitrogens with one attached hydrogen (secondary N) is 1. The summed E-state index contributed by atoms with van der Waals surface area (Å²) in [6, 6.07) is 7.85. The van der Waals surface area contributed by atoms with E-state index < -0.39 is 0 Å². The number of amides is 1. The van der Waals surface area contributed by atoms with Gasteiger partial charge in [-0.2, -0.15) is 0 Å². The Kier molecular flexibility index (Phi) is 7.21. The van der Waals surface area contributed by atoms with Gasteiger partial charge in [-0.25, -0.2) is 4.98 Å². The Balaban J connectivity index is 1.86. The molecule has 0 aliphatic carbocycles. The first-order chi connectivity index (χ1) is 13.9. The number of carbonyl (C=O) groups is 1. The largest absolute Gasteiger partial charge is 0.361 e. The molecule has 6 nitrogen and oxygen atoms in total. The fraction of sp³-hybridized carbons (Fsp3) is 0.350. The minimum atomic E-state index is -0.174. The van der Waals surface area contributed by atoms with Crippen molar-refractivity contribution in [3.05, 3.63) is 62.4 Å². The van der Waals surface area contributed by atoms with Crippen molar-refractivity contribution in [3.8, 4) is 0 Å². The van der Waals surface area contributed by atoms with E-state index in [1.54, 1.807) is 0 Å². The fourth-order valence-corrected chi connectivity index (χ4v) is 4.28. The zero-order valence-electron chi connectivity index (χ0n) is 16.8. The highest BCUT2D eigenvalue weighted by Gasteiger charge is 2.21. The van der Waals surface area contributed by atoms with Crippen LogP contribution in [0, 0.1) is 20.8 Å². The molecule has 3 aromatic rings. The van der Waals surface area contributed by atoms with Crippen molar-refractivity contribution in [2.75, 3.05) is 17.7 Å².